The third kappa shape index (κ3) is 4.45. The van der Waals surface area contributed by atoms with E-state index in [-0.39, 0.29) is 11.4 Å². The van der Waals surface area contributed by atoms with Crippen molar-refractivity contribution in [2.24, 2.45) is 0 Å². The van der Waals surface area contributed by atoms with Crippen LogP contribution in [0.5, 0.6) is 5.75 Å². The van der Waals surface area contributed by atoms with E-state index in [1.54, 1.807) is 19.2 Å². The molecule has 0 saturated heterocycles. The van der Waals surface area contributed by atoms with Gasteiger partial charge in [-0.1, -0.05) is 18.2 Å². The molecule has 0 fully saturated rings. The highest BCUT2D eigenvalue weighted by Crippen LogP contribution is 2.26. The van der Waals surface area contributed by atoms with E-state index in [1.807, 2.05) is 71.0 Å². The van der Waals surface area contributed by atoms with Gasteiger partial charge in [-0.15, -0.1) is 0 Å². The maximum atomic E-state index is 12.7. The van der Waals surface area contributed by atoms with Gasteiger partial charge in [0.25, 0.3) is 0 Å². The molecule has 0 radical (unpaired) electrons. The van der Waals surface area contributed by atoms with Gasteiger partial charge in [-0.25, -0.2) is 0 Å². The lowest BCUT2D eigenvalue weighted by Crippen LogP contribution is -2.22. The van der Waals surface area contributed by atoms with E-state index in [4.69, 9.17) is 9.47 Å². The molecule has 0 aliphatic heterocycles. The molecule has 0 aromatic heterocycles. The molecule has 2 aromatic rings. The van der Waals surface area contributed by atoms with Crippen LogP contribution in [0.15, 0.2) is 48.5 Å². The van der Waals surface area contributed by atoms with Crippen molar-refractivity contribution in [1.82, 2.24) is 0 Å². The van der Waals surface area contributed by atoms with Crippen molar-refractivity contribution in [3.05, 3.63) is 65.2 Å². The molecule has 0 aliphatic rings. The minimum atomic E-state index is -0.430. The SMILES string of the molecule is COC(C)(C)c1cccc(C(=O)c2ccc(OC(C)(C)C)cc2)c1. The molecule has 128 valence electrons. The largest absolute Gasteiger partial charge is 0.488 e. The Morgan fingerprint density at radius 3 is 2.04 bits per heavy atom. The van der Waals surface area contributed by atoms with Gasteiger partial charge in [0.05, 0.1) is 5.60 Å². The Kier molecular flexibility index (Phi) is 5.14. The average molecular weight is 326 g/mol. The molecule has 0 aliphatic carbocycles. The molecule has 0 N–H and O–H groups in total. The molecule has 0 unspecified atom stereocenters. The molecular formula is C21H26O3. The van der Waals surface area contributed by atoms with Crippen LogP contribution in [0.25, 0.3) is 0 Å². The molecule has 0 bridgehead atoms. The van der Waals surface area contributed by atoms with Crippen LogP contribution in [0.3, 0.4) is 0 Å². The van der Waals surface area contributed by atoms with Crippen molar-refractivity contribution in [1.29, 1.82) is 0 Å². The number of ether oxygens (including phenoxy) is 2. The smallest absolute Gasteiger partial charge is 0.193 e. The summed E-state index contributed by atoms with van der Waals surface area (Å²) in [7, 11) is 1.67. The fraction of sp³-hybridized carbons (Fsp3) is 0.381. The Hall–Kier alpha value is -2.13. The Morgan fingerprint density at radius 2 is 1.50 bits per heavy atom. The maximum absolute atomic E-state index is 12.7. The topological polar surface area (TPSA) is 35.5 Å². The van der Waals surface area contributed by atoms with Crippen molar-refractivity contribution in [2.75, 3.05) is 7.11 Å². The van der Waals surface area contributed by atoms with Gasteiger partial charge in [0.15, 0.2) is 5.78 Å². The minimum absolute atomic E-state index is 0.00828. The van der Waals surface area contributed by atoms with Crippen molar-refractivity contribution >= 4 is 5.78 Å². The highest BCUT2D eigenvalue weighted by Gasteiger charge is 2.21. The second-order valence-electron chi connectivity index (χ2n) is 7.36. The number of ketones is 1. The van der Waals surface area contributed by atoms with Gasteiger partial charge in [-0.05, 0) is 70.5 Å². The fourth-order valence-corrected chi connectivity index (χ4v) is 2.35. The average Bonchev–Trinajstić information content (AvgIpc) is 2.53. The summed E-state index contributed by atoms with van der Waals surface area (Å²) < 4.78 is 11.3. The summed E-state index contributed by atoms with van der Waals surface area (Å²) in [4.78, 5) is 12.7. The van der Waals surface area contributed by atoms with Crippen molar-refractivity contribution in [3.63, 3.8) is 0 Å². The molecule has 0 spiro atoms. The van der Waals surface area contributed by atoms with Crippen molar-refractivity contribution < 1.29 is 14.3 Å². The van der Waals surface area contributed by atoms with Gasteiger partial charge in [0.2, 0.25) is 0 Å². The van der Waals surface area contributed by atoms with E-state index in [0.29, 0.717) is 11.1 Å². The van der Waals surface area contributed by atoms with Crippen LogP contribution in [0, 0.1) is 0 Å². The van der Waals surface area contributed by atoms with Crippen LogP contribution in [-0.4, -0.2) is 18.5 Å². The third-order valence-electron chi connectivity index (χ3n) is 3.87. The van der Waals surface area contributed by atoms with E-state index in [2.05, 4.69) is 0 Å². The fourth-order valence-electron chi connectivity index (χ4n) is 2.35. The van der Waals surface area contributed by atoms with E-state index < -0.39 is 5.60 Å². The first-order valence-electron chi connectivity index (χ1n) is 8.12. The van der Waals surface area contributed by atoms with Gasteiger partial charge in [0, 0.05) is 18.2 Å². The zero-order chi connectivity index (χ0) is 18.0. The number of carbonyl (C=O) groups excluding carboxylic acids is 1. The zero-order valence-corrected chi connectivity index (χ0v) is 15.3. The van der Waals surface area contributed by atoms with Gasteiger partial charge in [-0.3, -0.25) is 4.79 Å². The zero-order valence-electron chi connectivity index (χ0n) is 15.3. The number of rotatable bonds is 5. The quantitative estimate of drug-likeness (QED) is 0.727. The molecule has 2 aromatic carbocycles. The van der Waals surface area contributed by atoms with E-state index >= 15 is 0 Å². The second kappa shape index (κ2) is 6.78. The Labute approximate surface area is 144 Å². The van der Waals surface area contributed by atoms with E-state index in [1.165, 1.54) is 0 Å². The monoisotopic (exact) mass is 326 g/mol. The van der Waals surface area contributed by atoms with E-state index in [9.17, 15) is 4.79 Å². The lowest BCUT2D eigenvalue weighted by molar-refractivity contribution is 0.0192. The van der Waals surface area contributed by atoms with Crippen LogP contribution in [0.2, 0.25) is 0 Å². The van der Waals surface area contributed by atoms with Crippen LogP contribution in [-0.2, 0) is 10.3 Å². The molecule has 0 heterocycles. The van der Waals surface area contributed by atoms with Gasteiger partial charge in [0.1, 0.15) is 11.4 Å². The van der Waals surface area contributed by atoms with Crippen molar-refractivity contribution in [2.45, 2.75) is 45.8 Å². The molecule has 2 rings (SSSR count). The maximum Gasteiger partial charge on any atom is 0.193 e. The van der Waals surface area contributed by atoms with Gasteiger partial charge in [-0.2, -0.15) is 0 Å². The highest BCUT2D eigenvalue weighted by molar-refractivity contribution is 6.09. The standard InChI is InChI=1S/C21H26O3/c1-20(2,3)24-18-12-10-15(11-13-18)19(22)16-8-7-9-17(14-16)21(4,5)23-6/h7-14H,1-6H3. The summed E-state index contributed by atoms with van der Waals surface area (Å²) >= 11 is 0. The number of hydrogen-bond acceptors (Lipinski definition) is 3. The molecule has 0 saturated carbocycles. The second-order valence-corrected chi connectivity index (χ2v) is 7.36. The predicted molar refractivity (Wildman–Crippen MR) is 96.7 cm³/mol. The predicted octanol–water partition coefficient (Wildman–Crippen LogP) is 4.98. The van der Waals surface area contributed by atoms with E-state index in [0.717, 1.165) is 11.3 Å². The lowest BCUT2D eigenvalue weighted by atomic mass is 9.93. The highest BCUT2D eigenvalue weighted by atomic mass is 16.5. The normalized spacial score (nSPS) is 12.1. The molecule has 3 nitrogen and oxygen atoms in total. The van der Waals surface area contributed by atoms with Crippen LogP contribution in [0.4, 0.5) is 0 Å². The third-order valence-corrected chi connectivity index (χ3v) is 3.87. The molecule has 0 atom stereocenters. The van der Waals surface area contributed by atoms with Gasteiger partial charge < -0.3 is 9.47 Å². The summed E-state index contributed by atoms with van der Waals surface area (Å²) in [5.74, 6) is 0.749. The summed E-state index contributed by atoms with van der Waals surface area (Å²) in [6, 6.07) is 14.9. The lowest BCUT2D eigenvalue weighted by Gasteiger charge is -2.24. The number of benzene rings is 2. The Bertz CT molecular complexity index is 707. The van der Waals surface area contributed by atoms with Crippen LogP contribution >= 0.6 is 0 Å². The first-order chi connectivity index (χ1) is 11.1. The number of methoxy groups -OCH3 is 1. The Morgan fingerprint density at radius 1 is 0.875 bits per heavy atom. The Balaban J connectivity index is 2.25. The number of carbonyl (C=O) groups is 1. The summed E-state index contributed by atoms with van der Waals surface area (Å²) in [5.41, 5.74) is 1.58. The van der Waals surface area contributed by atoms with Crippen LogP contribution < -0.4 is 4.74 Å². The number of hydrogen-bond donors (Lipinski definition) is 0. The van der Waals surface area contributed by atoms with Crippen LogP contribution in [0.1, 0.15) is 56.1 Å². The summed E-state index contributed by atoms with van der Waals surface area (Å²) in [5, 5.41) is 0. The molecule has 3 heteroatoms. The molecule has 24 heavy (non-hydrogen) atoms. The van der Waals surface area contributed by atoms with Crippen molar-refractivity contribution in [3.8, 4) is 5.75 Å². The minimum Gasteiger partial charge on any atom is -0.488 e. The molecule has 0 amide bonds. The summed E-state index contributed by atoms with van der Waals surface area (Å²) in [6.45, 7) is 9.95. The first-order valence-corrected chi connectivity index (χ1v) is 8.12. The van der Waals surface area contributed by atoms with Gasteiger partial charge >= 0.3 is 0 Å². The molecular weight excluding hydrogens is 300 g/mol. The first kappa shape index (κ1) is 18.2. The summed E-state index contributed by atoms with van der Waals surface area (Å²) in [6.07, 6.45) is 0.